The number of nitrogens with one attached hydrogen (secondary N) is 1. The fourth-order valence-corrected chi connectivity index (χ4v) is 1.55. The summed E-state index contributed by atoms with van der Waals surface area (Å²) in [5.41, 5.74) is -0.534. The number of carboxylic acids is 2. The molecule has 21 heavy (non-hydrogen) atoms. The molecule has 1 aromatic heterocycles. The van der Waals surface area contributed by atoms with Gasteiger partial charge in [0.2, 0.25) is 0 Å². The van der Waals surface area contributed by atoms with Gasteiger partial charge in [0.05, 0.1) is 6.42 Å². The van der Waals surface area contributed by atoms with Gasteiger partial charge in [-0.25, -0.2) is 9.48 Å². The van der Waals surface area contributed by atoms with Crippen molar-refractivity contribution < 1.29 is 24.6 Å². The Kier molecular flexibility index (Phi) is 5.58. The summed E-state index contributed by atoms with van der Waals surface area (Å²) in [6.07, 6.45) is -0.121. The topological polar surface area (TPSA) is 139 Å². The Hall–Kier alpha value is -2.71. The number of hydrogen-bond donors (Lipinski definition) is 3. The van der Waals surface area contributed by atoms with Crippen molar-refractivity contribution in [1.82, 2.24) is 15.1 Å². The average Bonchev–Trinajstić information content (AvgIpc) is 2.40. The van der Waals surface area contributed by atoms with Crippen LogP contribution in [-0.2, 0) is 16.1 Å². The largest absolute Gasteiger partial charge is 0.481 e. The first kappa shape index (κ1) is 16.3. The summed E-state index contributed by atoms with van der Waals surface area (Å²) >= 11 is 0. The molecule has 1 heterocycles. The van der Waals surface area contributed by atoms with Crippen molar-refractivity contribution in [2.45, 2.75) is 32.4 Å². The first-order chi connectivity index (χ1) is 9.85. The molecule has 0 saturated carbocycles. The fraction of sp³-hybridized carbons (Fsp3) is 0.417. The molecule has 0 bridgehead atoms. The van der Waals surface area contributed by atoms with Gasteiger partial charge in [-0.2, -0.15) is 5.10 Å². The Morgan fingerprint density at radius 1 is 1.33 bits per heavy atom. The number of amides is 1. The number of aromatic nitrogens is 2. The van der Waals surface area contributed by atoms with E-state index in [-0.39, 0.29) is 11.3 Å². The van der Waals surface area contributed by atoms with E-state index < -0.39 is 30.3 Å². The lowest BCUT2D eigenvalue weighted by atomic mass is 10.2. The molecule has 0 saturated heterocycles. The van der Waals surface area contributed by atoms with Crippen LogP contribution in [0.3, 0.4) is 0 Å². The molecule has 3 N–H and O–H groups in total. The van der Waals surface area contributed by atoms with Crippen LogP contribution in [0, 0.1) is 0 Å². The third-order valence-electron chi connectivity index (χ3n) is 2.52. The molecule has 9 nitrogen and oxygen atoms in total. The Balaban J connectivity index is 2.92. The molecule has 1 rings (SSSR count). The number of carbonyl (C=O) groups excluding carboxylic acids is 1. The van der Waals surface area contributed by atoms with E-state index in [1.54, 1.807) is 0 Å². The average molecular weight is 297 g/mol. The molecular formula is C12H15N3O6. The number of aryl methyl sites for hydroxylation is 1. The van der Waals surface area contributed by atoms with Crippen LogP contribution in [0.15, 0.2) is 16.9 Å². The summed E-state index contributed by atoms with van der Waals surface area (Å²) in [4.78, 5) is 44.7. The minimum absolute atomic E-state index is 0.153. The summed E-state index contributed by atoms with van der Waals surface area (Å²) in [6.45, 7) is 2.14. The SMILES string of the molecule is CCCn1nc(C(=O)N[C@@H](CC(=O)O)C(=O)O)ccc1=O. The van der Waals surface area contributed by atoms with Gasteiger partial charge in [0, 0.05) is 12.6 Å². The molecule has 0 aliphatic heterocycles. The van der Waals surface area contributed by atoms with Crippen molar-refractivity contribution in [3.63, 3.8) is 0 Å². The molecule has 0 unspecified atom stereocenters. The molecule has 0 aromatic carbocycles. The van der Waals surface area contributed by atoms with Crippen molar-refractivity contribution >= 4 is 17.8 Å². The Morgan fingerprint density at radius 3 is 2.52 bits per heavy atom. The zero-order valence-corrected chi connectivity index (χ0v) is 11.3. The first-order valence-electron chi connectivity index (χ1n) is 6.18. The van der Waals surface area contributed by atoms with Crippen LogP contribution >= 0.6 is 0 Å². The zero-order chi connectivity index (χ0) is 16.0. The highest BCUT2D eigenvalue weighted by atomic mass is 16.4. The lowest BCUT2D eigenvalue weighted by Crippen LogP contribution is -2.43. The molecule has 0 fully saturated rings. The summed E-state index contributed by atoms with van der Waals surface area (Å²) in [5, 5.41) is 23.3. The number of rotatable bonds is 7. The molecule has 1 aromatic rings. The number of carbonyl (C=O) groups is 3. The van der Waals surface area contributed by atoms with Gasteiger partial charge in [-0.1, -0.05) is 6.92 Å². The smallest absolute Gasteiger partial charge is 0.326 e. The molecule has 114 valence electrons. The van der Waals surface area contributed by atoms with Crippen molar-refractivity contribution in [2.75, 3.05) is 0 Å². The Morgan fingerprint density at radius 2 is 2.00 bits per heavy atom. The summed E-state index contributed by atoms with van der Waals surface area (Å²) in [6, 6.07) is 0.733. The lowest BCUT2D eigenvalue weighted by molar-refractivity contribution is -0.145. The maximum atomic E-state index is 11.9. The number of hydrogen-bond acceptors (Lipinski definition) is 5. The van der Waals surface area contributed by atoms with E-state index >= 15 is 0 Å². The van der Waals surface area contributed by atoms with Gasteiger partial charge in [-0.15, -0.1) is 0 Å². The molecule has 9 heteroatoms. The van der Waals surface area contributed by atoms with E-state index in [0.29, 0.717) is 13.0 Å². The summed E-state index contributed by atoms with van der Waals surface area (Å²) in [7, 11) is 0. The van der Waals surface area contributed by atoms with Gasteiger partial charge in [0.15, 0.2) is 0 Å². The highest BCUT2D eigenvalue weighted by Crippen LogP contribution is 1.98. The van der Waals surface area contributed by atoms with Crippen LogP contribution in [0.5, 0.6) is 0 Å². The van der Waals surface area contributed by atoms with E-state index in [9.17, 15) is 19.2 Å². The van der Waals surface area contributed by atoms with Crippen molar-refractivity contribution in [3.8, 4) is 0 Å². The van der Waals surface area contributed by atoms with E-state index in [0.717, 1.165) is 16.8 Å². The van der Waals surface area contributed by atoms with Gasteiger partial charge in [0.1, 0.15) is 11.7 Å². The van der Waals surface area contributed by atoms with E-state index in [4.69, 9.17) is 10.2 Å². The Labute approximate surface area is 119 Å². The van der Waals surface area contributed by atoms with Crippen LogP contribution in [-0.4, -0.2) is 43.9 Å². The second kappa shape index (κ2) is 7.17. The minimum atomic E-state index is -1.57. The van der Waals surface area contributed by atoms with Crippen LogP contribution < -0.4 is 10.9 Å². The molecular weight excluding hydrogens is 282 g/mol. The molecule has 0 aliphatic rings. The van der Waals surface area contributed by atoms with Gasteiger partial charge in [0.25, 0.3) is 11.5 Å². The highest BCUT2D eigenvalue weighted by molar-refractivity contribution is 5.95. The molecule has 0 radical (unpaired) electrons. The fourth-order valence-electron chi connectivity index (χ4n) is 1.55. The van der Waals surface area contributed by atoms with E-state index in [1.165, 1.54) is 0 Å². The number of nitrogens with zero attached hydrogens (tertiary/aromatic N) is 2. The zero-order valence-electron chi connectivity index (χ0n) is 11.3. The van der Waals surface area contributed by atoms with Crippen LogP contribution in [0.2, 0.25) is 0 Å². The summed E-state index contributed by atoms with van der Waals surface area (Å²) < 4.78 is 1.09. The molecule has 1 amide bonds. The predicted molar refractivity (Wildman–Crippen MR) is 69.9 cm³/mol. The van der Waals surface area contributed by atoms with Gasteiger partial charge >= 0.3 is 11.9 Å². The van der Waals surface area contributed by atoms with Crippen molar-refractivity contribution in [1.29, 1.82) is 0 Å². The van der Waals surface area contributed by atoms with E-state index in [2.05, 4.69) is 10.4 Å². The monoisotopic (exact) mass is 297 g/mol. The van der Waals surface area contributed by atoms with Gasteiger partial charge in [-0.3, -0.25) is 14.4 Å². The standard InChI is InChI=1S/C12H15N3O6/c1-2-5-15-9(16)4-3-7(14-15)11(19)13-8(12(20)21)6-10(17)18/h3-4,8H,2,5-6H2,1H3,(H,13,19)(H,17,18)(H,20,21)/t8-/m0/s1. The third kappa shape index (κ3) is 4.71. The maximum Gasteiger partial charge on any atom is 0.326 e. The van der Waals surface area contributed by atoms with Crippen LogP contribution in [0.4, 0.5) is 0 Å². The van der Waals surface area contributed by atoms with Crippen LogP contribution in [0.1, 0.15) is 30.3 Å². The highest BCUT2D eigenvalue weighted by Gasteiger charge is 2.24. The maximum absolute atomic E-state index is 11.9. The second-order valence-corrected chi connectivity index (χ2v) is 4.24. The second-order valence-electron chi connectivity index (χ2n) is 4.24. The van der Waals surface area contributed by atoms with Gasteiger partial charge < -0.3 is 15.5 Å². The number of aliphatic carboxylic acids is 2. The molecule has 1 atom stereocenters. The van der Waals surface area contributed by atoms with E-state index in [1.807, 2.05) is 6.92 Å². The normalized spacial score (nSPS) is 11.7. The lowest BCUT2D eigenvalue weighted by Gasteiger charge is -2.12. The van der Waals surface area contributed by atoms with Gasteiger partial charge in [-0.05, 0) is 12.5 Å². The quantitative estimate of drug-likeness (QED) is 0.605. The van der Waals surface area contributed by atoms with Crippen molar-refractivity contribution in [2.24, 2.45) is 0 Å². The predicted octanol–water partition coefficient (Wildman–Crippen LogP) is -0.689. The first-order valence-corrected chi connectivity index (χ1v) is 6.18. The summed E-state index contributed by atoms with van der Waals surface area (Å²) in [5.74, 6) is -3.67. The molecule has 0 aliphatic carbocycles. The van der Waals surface area contributed by atoms with Crippen LogP contribution in [0.25, 0.3) is 0 Å². The Bertz CT molecular complexity index is 609. The minimum Gasteiger partial charge on any atom is -0.481 e. The number of carboxylic acid groups (broad SMARTS) is 2. The molecule has 0 spiro atoms. The van der Waals surface area contributed by atoms with Crippen molar-refractivity contribution in [3.05, 3.63) is 28.2 Å². The third-order valence-corrected chi connectivity index (χ3v) is 2.52.